The van der Waals surface area contributed by atoms with Gasteiger partial charge in [-0.2, -0.15) is 11.3 Å². The Hall–Kier alpha value is -0.380. The Morgan fingerprint density at radius 2 is 2.26 bits per heavy atom. The fraction of sp³-hybridized carbons (Fsp3) is 0.750. The molecule has 3 heteroatoms. The van der Waals surface area contributed by atoms with Crippen LogP contribution in [0.15, 0.2) is 16.8 Å². The van der Waals surface area contributed by atoms with E-state index in [4.69, 9.17) is 0 Å². The molecule has 1 aromatic rings. The summed E-state index contributed by atoms with van der Waals surface area (Å²) >= 11 is 1.80. The number of nitrogens with zero attached hydrogens (tertiary/aromatic N) is 1. The van der Waals surface area contributed by atoms with E-state index in [1.165, 1.54) is 57.2 Å². The van der Waals surface area contributed by atoms with Gasteiger partial charge >= 0.3 is 0 Å². The predicted molar refractivity (Wildman–Crippen MR) is 85.0 cm³/mol. The number of hydrogen-bond donors (Lipinski definition) is 1. The number of nitrogens with one attached hydrogen (secondary N) is 1. The first-order valence-electron chi connectivity index (χ1n) is 7.86. The van der Waals surface area contributed by atoms with E-state index in [0.29, 0.717) is 0 Å². The molecule has 1 N–H and O–H groups in total. The van der Waals surface area contributed by atoms with Crippen molar-refractivity contribution in [3.05, 3.63) is 22.4 Å². The monoisotopic (exact) mass is 280 g/mol. The second-order valence-corrected chi connectivity index (χ2v) is 6.36. The van der Waals surface area contributed by atoms with Crippen molar-refractivity contribution in [3.63, 3.8) is 0 Å². The summed E-state index contributed by atoms with van der Waals surface area (Å²) in [5.41, 5.74) is 1.47. The zero-order valence-electron chi connectivity index (χ0n) is 12.2. The molecule has 0 amide bonds. The molecule has 2 rings (SSSR count). The van der Waals surface area contributed by atoms with Crippen molar-refractivity contribution in [3.8, 4) is 0 Å². The molecule has 108 valence electrons. The minimum Gasteiger partial charge on any atom is -0.315 e. The second-order valence-electron chi connectivity index (χ2n) is 5.58. The Bertz CT molecular complexity index is 323. The largest absolute Gasteiger partial charge is 0.315 e. The van der Waals surface area contributed by atoms with Gasteiger partial charge in [-0.25, -0.2) is 0 Å². The van der Waals surface area contributed by atoms with Crippen LogP contribution in [0.4, 0.5) is 0 Å². The third-order valence-corrected chi connectivity index (χ3v) is 4.95. The lowest BCUT2D eigenvalue weighted by atomic mass is 10.1. The second kappa shape index (κ2) is 8.72. The molecule has 0 spiro atoms. The fourth-order valence-corrected chi connectivity index (χ4v) is 3.71. The minimum atomic E-state index is 0.834. The van der Waals surface area contributed by atoms with E-state index in [-0.39, 0.29) is 0 Å². The van der Waals surface area contributed by atoms with Crippen molar-refractivity contribution in [1.29, 1.82) is 0 Å². The molecule has 1 aromatic heterocycles. The molecule has 1 saturated heterocycles. The fourth-order valence-electron chi connectivity index (χ4n) is 3.01. The molecule has 0 bridgehead atoms. The number of hydrogen-bond acceptors (Lipinski definition) is 3. The summed E-state index contributed by atoms with van der Waals surface area (Å²) in [7, 11) is 0. The first-order chi connectivity index (χ1) is 9.40. The molecular weight excluding hydrogens is 252 g/mol. The van der Waals surface area contributed by atoms with Crippen molar-refractivity contribution in [2.75, 3.05) is 26.2 Å². The van der Waals surface area contributed by atoms with Gasteiger partial charge in [-0.1, -0.05) is 19.8 Å². The molecule has 19 heavy (non-hydrogen) atoms. The Morgan fingerprint density at radius 3 is 3.05 bits per heavy atom. The first kappa shape index (κ1) is 15.0. The van der Waals surface area contributed by atoms with Crippen LogP contribution in [-0.2, 0) is 6.42 Å². The Labute approximate surface area is 122 Å². The van der Waals surface area contributed by atoms with Gasteiger partial charge in [0.2, 0.25) is 0 Å². The summed E-state index contributed by atoms with van der Waals surface area (Å²) in [4.78, 5) is 2.71. The lowest BCUT2D eigenvalue weighted by Gasteiger charge is -2.29. The van der Waals surface area contributed by atoms with Crippen LogP contribution in [0, 0.1) is 0 Å². The Balaban J connectivity index is 1.60. The summed E-state index contributed by atoms with van der Waals surface area (Å²) in [6.45, 7) is 7.13. The molecule has 1 unspecified atom stereocenters. The van der Waals surface area contributed by atoms with Crippen molar-refractivity contribution in [1.82, 2.24) is 10.2 Å². The van der Waals surface area contributed by atoms with Crippen molar-refractivity contribution < 1.29 is 0 Å². The van der Waals surface area contributed by atoms with Crippen LogP contribution in [0.5, 0.6) is 0 Å². The molecular formula is C16H28N2S. The van der Waals surface area contributed by atoms with Crippen LogP contribution in [0.3, 0.4) is 0 Å². The van der Waals surface area contributed by atoms with Crippen LogP contribution in [-0.4, -0.2) is 37.1 Å². The van der Waals surface area contributed by atoms with E-state index >= 15 is 0 Å². The topological polar surface area (TPSA) is 15.3 Å². The zero-order chi connectivity index (χ0) is 13.3. The molecule has 0 radical (unpaired) electrons. The third kappa shape index (κ3) is 5.25. The Morgan fingerprint density at radius 1 is 1.32 bits per heavy atom. The van der Waals surface area contributed by atoms with Gasteiger partial charge in [0.05, 0.1) is 0 Å². The van der Waals surface area contributed by atoms with E-state index in [0.717, 1.165) is 19.1 Å². The van der Waals surface area contributed by atoms with Gasteiger partial charge < -0.3 is 5.32 Å². The molecule has 2 nitrogen and oxygen atoms in total. The highest BCUT2D eigenvalue weighted by Gasteiger charge is 2.18. The molecule has 2 heterocycles. The van der Waals surface area contributed by atoms with E-state index in [2.05, 4.69) is 34.0 Å². The zero-order valence-corrected chi connectivity index (χ0v) is 13.1. The van der Waals surface area contributed by atoms with E-state index in [9.17, 15) is 0 Å². The highest BCUT2D eigenvalue weighted by Crippen LogP contribution is 2.18. The number of likely N-dealkylation sites (tertiary alicyclic amines) is 1. The van der Waals surface area contributed by atoms with Gasteiger partial charge in [0.25, 0.3) is 0 Å². The maximum absolute atomic E-state index is 3.60. The van der Waals surface area contributed by atoms with Gasteiger partial charge in [-0.05, 0) is 61.2 Å². The maximum Gasteiger partial charge on any atom is 0.0110 e. The van der Waals surface area contributed by atoms with Crippen LogP contribution < -0.4 is 5.32 Å². The van der Waals surface area contributed by atoms with Crippen LogP contribution in [0.1, 0.15) is 44.6 Å². The smallest absolute Gasteiger partial charge is 0.0110 e. The first-order valence-corrected chi connectivity index (χ1v) is 8.80. The lowest BCUT2D eigenvalue weighted by molar-refractivity contribution is 0.195. The molecule has 1 atom stereocenters. The highest BCUT2D eigenvalue weighted by molar-refractivity contribution is 7.07. The van der Waals surface area contributed by atoms with Crippen molar-refractivity contribution in [2.24, 2.45) is 0 Å². The van der Waals surface area contributed by atoms with Crippen LogP contribution >= 0.6 is 11.3 Å². The average Bonchev–Trinajstić information content (AvgIpc) is 2.84. The minimum absolute atomic E-state index is 0.834. The maximum atomic E-state index is 3.60. The van der Waals surface area contributed by atoms with E-state index < -0.39 is 0 Å². The molecule has 0 saturated carbocycles. The van der Waals surface area contributed by atoms with E-state index in [1.54, 1.807) is 11.3 Å². The van der Waals surface area contributed by atoms with Gasteiger partial charge in [-0.15, -0.1) is 0 Å². The standard InChI is InChI=1S/C16H28N2S/c1-2-16-6-4-3-5-11-18(16)12-10-17-9-7-15-8-13-19-14-15/h8,13-14,16-17H,2-7,9-12H2,1H3. The molecule has 0 aromatic carbocycles. The highest BCUT2D eigenvalue weighted by atomic mass is 32.1. The summed E-state index contributed by atoms with van der Waals surface area (Å²) in [5, 5.41) is 8.02. The normalized spacial score (nSPS) is 21.4. The van der Waals surface area contributed by atoms with Crippen molar-refractivity contribution >= 4 is 11.3 Å². The summed E-state index contributed by atoms with van der Waals surface area (Å²) < 4.78 is 0. The molecule has 1 fully saturated rings. The summed E-state index contributed by atoms with van der Waals surface area (Å²) in [6.07, 6.45) is 8.14. The van der Waals surface area contributed by atoms with Gasteiger partial charge in [0.15, 0.2) is 0 Å². The summed E-state index contributed by atoms with van der Waals surface area (Å²) in [6, 6.07) is 3.06. The Kier molecular flexibility index (Phi) is 6.90. The van der Waals surface area contributed by atoms with Gasteiger partial charge in [0.1, 0.15) is 0 Å². The lowest BCUT2D eigenvalue weighted by Crippen LogP contribution is -2.39. The van der Waals surface area contributed by atoms with Gasteiger partial charge in [-0.3, -0.25) is 4.90 Å². The molecule has 1 aliphatic heterocycles. The van der Waals surface area contributed by atoms with Crippen LogP contribution in [0.25, 0.3) is 0 Å². The van der Waals surface area contributed by atoms with Crippen LogP contribution in [0.2, 0.25) is 0 Å². The quantitative estimate of drug-likeness (QED) is 0.769. The predicted octanol–water partition coefficient (Wildman–Crippen LogP) is 3.53. The van der Waals surface area contributed by atoms with E-state index in [1.807, 2.05) is 0 Å². The SMILES string of the molecule is CCC1CCCCCN1CCNCCc1ccsc1. The third-order valence-electron chi connectivity index (χ3n) is 4.22. The molecule has 0 aliphatic carbocycles. The summed E-state index contributed by atoms with van der Waals surface area (Å²) in [5.74, 6) is 0. The number of rotatable bonds is 7. The van der Waals surface area contributed by atoms with Gasteiger partial charge in [0, 0.05) is 19.1 Å². The average molecular weight is 280 g/mol. The molecule has 1 aliphatic rings. The van der Waals surface area contributed by atoms with Crippen molar-refractivity contribution in [2.45, 2.75) is 51.5 Å². The number of thiophene rings is 1.